The third-order valence-electron chi connectivity index (χ3n) is 4.52. The molecule has 1 atom stereocenters. The first-order chi connectivity index (χ1) is 14.3. The lowest BCUT2D eigenvalue weighted by atomic mass is 9.95. The average molecular weight is 448 g/mol. The number of para-hydroxylation sites is 2. The summed E-state index contributed by atoms with van der Waals surface area (Å²) >= 11 is 0. The number of carbonyl (C=O) groups excluding carboxylic acids is 2. The molecule has 0 unspecified atom stereocenters. The number of anilines is 2. The Labute approximate surface area is 183 Å². The molecule has 9 heteroatoms. The highest BCUT2D eigenvalue weighted by Crippen LogP contribution is 2.28. The Morgan fingerprint density at radius 3 is 2.32 bits per heavy atom. The summed E-state index contributed by atoms with van der Waals surface area (Å²) in [5.41, 5.74) is 0.476. The highest BCUT2D eigenvalue weighted by molar-refractivity contribution is 7.92. The number of benzene rings is 2. The van der Waals surface area contributed by atoms with Crippen molar-refractivity contribution in [1.82, 2.24) is 5.32 Å². The first-order valence-electron chi connectivity index (χ1n) is 9.73. The molecule has 0 fully saturated rings. The van der Waals surface area contributed by atoms with Crippen molar-refractivity contribution in [2.75, 3.05) is 17.1 Å². The second-order valence-corrected chi connectivity index (χ2v) is 9.87. The largest absolute Gasteiger partial charge is 0.495 e. The van der Waals surface area contributed by atoms with E-state index < -0.39 is 27.4 Å². The molecule has 0 bridgehead atoms. The van der Waals surface area contributed by atoms with Crippen LogP contribution in [0.2, 0.25) is 0 Å². The molecule has 2 rings (SSSR count). The fraction of sp³-hybridized carbons (Fsp3) is 0.364. The van der Waals surface area contributed by atoms with Crippen LogP contribution >= 0.6 is 0 Å². The molecule has 0 saturated heterocycles. The van der Waals surface area contributed by atoms with Gasteiger partial charge in [-0.15, -0.1) is 0 Å². The highest BCUT2D eigenvalue weighted by atomic mass is 32.2. The summed E-state index contributed by atoms with van der Waals surface area (Å²) < 4.78 is 33.7. The van der Waals surface area contributed by atoms with Crippen molar-refractivity contribution in [3.05, 3.63) is 48.0 Å². The number of rotatable bonds is 7. The topological polar surface area (TPSA) is 114 Å². The first-order valence-corrected chi connectivity index (χ1v) is 11.2. The monoisotopic (exact) mass is 447 g/mol. The average Bonchev–Trinajstić information content (AvgIpc) is 2.68. The van der Waals surface area contributed by atoms with E-state index in [0.29, 0.717) is 22.7 Å². The zero-order valence-corrected chi connectivity index (χ0v) is 19.4. The number of sulfonamides is 1. The zero-order chi connectivity index (χ0) is 23.4. The minimum Gasteiger partial charge on any atom is -0.495 e. The normalized spacial score (nSPS) is 12.6. The van der Waals surface area contributed by atoms with Crippen molar-refractivity contribution < 1.29 is 22.7 Å². The molecule has 3 N–H and O–H groups in total. The summed E-state index contributed by atoms with van der Waals surface area (Å²) in [5, 5.41) is 5.30. The molecule has 0 radical (unpaired) electrons. The predicted octanol–water partition coefficient (Wildman–Crippen LogP) is 3.29. The van der Waals surface area contributed by atoms with Gasteiger partial charge in [0, 0.05) is 11.1 Å². The van der Waals surface area contributed by atoms with Crippen molar-refractivity contribution in [2.45, 2.75) is 45.6 Å². The van der Waals surface area contributed by atoms with Gasteiger partial charge in [-0.25, -0.2) is 8.42 Å². The summed E-state index contributed by atoms with van der Waals surface area (Å²) in [4.78, 5) is 24.6. The van der Waals surface area contributed by atoms with E-state index >= 15 is 0 Å². The number of hydrogen-bond donors (Lipinski definition) is 3. The Bertz CT molecular complexity index is 1070. The van der Waals surface area contributed by atoms with Crippen LogP contribution in [0.3, 0.4) is 0 Å². The van der Waals surface area contributed by atoms with Crippen LogP contribution < -0.4 is 20.1 Å². The van der Waals surface area contributed by atoms with Crippen LogP contribution in [0.1, 0.15) is 33.3 Å². The minimum absolute atomic E-state index is 0.0163. The molecule has 2 amide bonds. The third-order valence-corrected chi connectivity index (χ3v) is 6.03. The molecule has 0 aliphatic heterocycles. The molecular formula is C22H29N3O5S. The van der Waals surface area contributed by atoms with Crippen LogP contribution in [0.15, 0.2) is 47.4 Å². The molecule has 31 heavy (non-hydrogen) atoms. The zero-order valence-electron chi connectivity index (χ0n) is 18.6. The van der Waals surface area contributed by atoms with Gasteiger partial charge >= 0.3 is 0 Å². The maximum atomic E-state index is 13.0. The molecule has 0 spiro atoms. The highest BCUT2D eigenvalue weighted by Gasteiger charge is 2.25. The second kappa shape index (κ2) is 9.38. The summed E-state index contributed by atoms with van der Waals surface area (Å²) in [7, 11) is -2.49. The van der Waals surface area contributed by atoms with Crippen LogP contribution in [0.4, 0.5) is 11.4 Å². The van der Waals surface area contributed by atoms with Gasteiger partial charge in [0.2, 0.25) is 11.8 Å². The standard InChI is InChI=1S/C22H29N3O5S/c1-14-11-12-16(24-20(26)15(2)23-21(27)22(3,4)5)13-19(14)31(28,29)25-17-9-7-8-10-18(17)30-6/h7-13,15,25H,1-6H3,(H,23,27)(H,24,26)/t15-/m0/s1. The molecule has 0 aliphatic rings. The number of aryl methyl sites for hydroxylation is 1. The maximum Gasteiger partial charge on any atom is 0.262 e. The molecule has 8 nitrogen and oxygen atoms in total. The smallest absolute Gasteiger partial charge is 0.262 e. The van der Waals surface area contributed by atoms with E-state index in [1.807, 2.05) is 0 Å². The Morgan fingerprint density at radius 2 is 1.71 bits per heavy atom. The van der Waals surface area contributed by atoms with Crippen molar-refractivity contribution in [3.63, 3.8) is 0 Å². The SMILES string of the molecule is COc1ccccc1NS(=O)(=O)c1cc(NC(=O)[C@H](C)NC(=O)C(C)(C)C)ccc1C. The molecule has 2 aromatic rings. The van der Waals surface area contributed by atoms with Gasteiger partial charge in [0.15, 0.2) is 0 Å². The van der Waals surface area contributed by atoms with Gasteiger partial charge in [-0.2, -0.15) is 0 Å². The van der Waals surface area contributed by atoms with Crippen molar-refractivity contribution in [1.29, 1.82) is 0 Å². The summed E-state index contributed by atoms with van der Waals surface area (Å²) in [6.07, 6.45) is 0. The molecule has 0 saturated carbocycles. The first kappa shape index (κ1) is 24.2. The number of ether oxygens (including phenoxy) is 1. The van der Waals surface area contributed by atoms with Gasteiger partial charge < -0.3 is 15.4 Å². The molecule has 0 heterocycles. The van der Waals surface area contributed by atoms with E-state index in [-0.39, 0.29) is 10.8 Å². The fourth-order valence-electron chi connectivity index (χ4n) is 2.63. The molecule has 0 aliphatic carbocycles. The van der Waals surface area contributed by atoms with Crippen molar-refractivity contribution >= 4 is 33.2 Å². The van der Waals surface area contributed by atoms with Crippen molar-refractivity contribution in [2.24, 2.45) is 5.41 Å². The number of hydrogen-bond acceptors (Lipinski definition) is 5. The van der Waals surface area contributed by atoms with Gasteiger partial charge in [-0.05, 0) is 43.7 Å². The maximum absolute atomic E-state index is 13.0. The van der Waals surface area contributed by atoms with Gasteiger partial charge in [0.25, 0.3) is 10.0 Å². The van der Waals surface area contributed by atoms with Gasteiger partial charge in [-0.1, -0.05) is 39.0 Å². The van der Waals surface area contributed by atoms with E-state index in [1.165, 1.54) is 13.2 Å². The van der Waals surface area contributed by atoms with Crippen molar-refractivity contribution in [3.8, 4) is 5.75 Å². The predicted molar refractivity (Wildman–Crippen MR) is 121 cm³/mol. The number of amides is 2. The Kier molecular flexibility index (Phi) is 7.32. The lowest BCUT2D eigenvalue weighted by Gasteiger charge is -2.21. The van der Waals surface area contributed by atoms with Crippen LogP contribution in [-0.4, -0.2) is 33.4 Å². The van der Waals surface area contributed by atoms with Gasteiger partial charge in [0.1, 0.15) is 11.8 Å². The van der Waals surface area contributed by atoms with Crippen LogP contribution in [0.25, 0.3) is 0 Å². The lowest BCUT2D eigenvalue weighted by Crippen LogP contribution is -2.46. The summed E-state index contributed by atoms with van der Waals surface area (Å²) in [6.45, 7) is 8.47. The Hall–Kier alpha value is -3.07. The summed E-state index contributed by atoms with van der Waals surface area (Å²) in [6, 6.07) is 10.5. The van der Waals surface area contributed by atoms with Gasteiger partial charge in [-0.3, -0.25) is 14.3 Å². The van der Waals surface area contributed by atoms with Crippen LogP contribution in [-0.2, 0) is 19.6 Å². The van der Waals surface area contributed by atoms with E-state index in [2.05, 4.69) is 15.4 Å². The van der Waals surface area contributed by atoms with Gasteiger partial charge in [0.05, 0.1) is 17.7 Å². The minimum atomic E-state index is -3.94. The van der Waals surface area contributed by atoms with Crippen LogP contribution in [0.5, 0.6) is 5.75 Å². The third kappa shape index (κ3) is 6.21. The number of nitrogens with one attached hydrogen (secondary N) is 3. The van der Waals surface area contributed by atoms with E-state index in [9.17, 15) is 18.0 Å². The number of carbonyl (C=O) groups is 2. The molecule has 0 aromatic heterocycles. The Balaban J connectivity index is 2.23. The quantitative estimate of drug-likeness (QED) is 0.603. The van der Waals surface area contributed by atoms with E-state index in [1.54, 1.807) is 71.0 Å². The molecule has 2 aromatic carbocycles. The fourth-order valence-corrected chi connectivity index (χ4v) is 3.97. The Morgan fingerprint density at radius 1 is 1.06 bits per heavy atom. The molecule has 168 valence electrons. The van der Waals surface area contributed by atoms with E-state index in [4.69, 9.17) is 4.74 Å². The lowest BCUT2D eigenvalue weighted by molar-refractivity contribution is -0.131. The molecular weight excluding hydrogens is 418 g/mol. The second-order valence-electron chi connectivity index (χ2n) is 8.22. The van der Waals surface area contributed by atoms with Crippen LogP contribution in [0, 0.1) is 12.3 Å². The summed E-state index contributed by atoms with van der Waals surface area (Å²) in [5.74, 6) is -0.331. The number of methoxy groups -OCH3 is 1. The van der Waals surface area contributed by atoms with E-state index in [0.717, 1.165) is 0 Å².